The Labute approximate surface area is 97.8 Å². The van der Waals surface area contributed by atoms with Crippen LogP contribution in [-0.4, -0.2) is 39.4 Å². The Morgan fingerprint density at radius 1 is 1.76 bits per heavy atom. The predicted molar refractivity (Wildman–Crippen MR) is 58.4 cm³/mol. The average Bonchev–Trinajstić information content (AvgIpc) is 2.82. The highest BCUT2D eigenvalue weighted by Crippen LogP contribution is 2.08. The lowest BCUT2D eigenvalue weighted by Crippen LogP contribution is -2.31. The van der Waals surface area contributed by atoms with Gasteiger partial charge in [-0.25, -0.2) is 4.79 Å². The summed E-state index contributed by atoms with van der Waals surface area (Å²) in [6.45, 7) is 0.969. The van der Waals surface area contributed by atoms with Crippen molar-refractivity contribution < 1.29 is 14.7 Å². The second kappa shape index (κ2) is 4.54. The van der Waals surface area contributed by atoms with Crippen molar-refractivity contribution in [1.82, 2.24) is 20.4 Å². The second-order valence-corrected chi connectivity index (χ2v) is 4.02. The molecule has 7 heteroatoms. The van der Waals surface area contributed by atoms with Gasteiger partial charge in [-0.3, -0.25) is 9.48 Å². The monoisotopic (exact) mass is 238 g/mol. The van der Waals surface area contributed by atoms with E-state index in [1.807, 2.05) is 0 Å². The third kappa shape index (κ3) is 2.44. The number of aromatic carboxylic acids is 1. The maximum absolute atomic E-state index is 11.0. The molecule has 0 saturated carbocycles. The molecule has 1 aromatic rings. The maximum atomic E-state index is 11.0. The summed E-state index contributed by atoms with van der Waals surface area (Å²) in [6, 6.07) is 0.0547. The molecule has 2 heterocycles. The molecule has 1 saturated heterocycles. The number of carbonyl (C=O) groups is 2. The number of aryl methyl sites for hydroxylation is 1. The van der Waals surface area contributed by atoms with Gasteiger partial charge < -0.3 is 15.7 Å². The Bertz CT molecular complexity index is 454. The van der Waals surface area contributed by atoms with Crippen LogP contribution in [-0.2, 0) is 18.4 Å². The summed E-state index contributed by atoms with van der Waals surface area (Å²) in [5.41, 5.74) is 0.800. The van der Waals surface area contributed by atoms with Gasteiger partial charge in [0.15, 0.2) is 0 Å². The third-order valence-corrected chi connectivity index (χ3v) is 2.83. The molecule has 0 spiro atoms. The Morgan fingerprint density at radius 3 is 3.12 bits per heavy atom. The first-order chi connectivity index (χ1) is 8.08. The van der Waals surface area contributed by atoms with Crippen LogP contribution in [0.5, 0.6) is 0 Å². The van der Waals surface area contributed by atoms with Crippen molar-refractivity contribution in [2.24, 2.45) is 7.05 Å². The molecule has 1 atom stereocenters. The molecule has 1 aliphatic heterocycles. The number of nitrogens with one attached hydrogen (secondary N) is 2. The lowest BCUT2D eigenvalue weighted by Gasteiger charge is -2.10. The largest absolute Gasteiger partial charge is 0.478 e. The molecule has 1 aliphatic rings. The number of hydrogen-bond donors (Lipinski definition) is 3. The first kappa shape index (κ1) is 11.6. The molecule has 7 nitrogen and oxygen atoms in total. The SMILES string of the molecule is Cn1ncc(C(=O)O)c1CNC1CNC(=O)C1. The Balaban J connectivity index is 2.01. The highest BCUT2D eigenvalue weighted by Gasteiger charge is 2.22. The molecule has 1 unspecified atom stereocenters. The summed E-state index contributed by atoms with van der Waals surface area (Å²) in [5, 5.41) is 18.7. The second-order valence-electron chi connectivity index (χ2n) is 4.02. The molecule has 1 fully saturated rings. The fourth-order valence-corrected chi connectivity index (χ4v) is 1.84. The van der Waals surface area contributed by atoms with E-state index in [9.17, 15) is 9.59 Å². The van der Waals surface area contributed by atoms with Crippen molar-refractivity contribution >= 4 is 11.9 Å². The summed E-state index contributed by atoms with van der Waals surface area (Å²) in [5.74, 6) is -0.971. The van der Waals surface area contributed by atoms with Gasteiger partial charge in [-0.15, -0.1) is 0 Å². The van der Waals surface area contributed by atoms with Gasteiger partial charge in [-0.2, -0.15) is 5.10 Å². The van der Waals surface area contributed by atoms with E-state index in [0.29, 0.717) is 25.2 Å². The molecule has 1 aromatic heterocycles. The minimum absolute atomic E-state index is 0.0194. The molecular weight excluding hydrogens is 224 g/mol. The van der Waals surface area contributed by atoms with Crippen molar-refractivity contribution in [2.75, 3.05) is 6.54 Å². The highest BCUT2D eigenvalue weighted by atomic mass is 16.4. The number of aromatic nitrogens is 2. The van der Waals surface area contributed by atoms with Crippen LogP contribution in [0.4, 0.5) is 0 Å². The van der Waals surface area contributed by atoms with E-state index in [2.05, 4.69) is 15.7 Å². The summed E-state index contributed by atoms with van der Waals surface area (Å²) >= 11 is 0. The first-order valence-corrected chi connectivity index (χ1v) is 5.32. The van der Waals surface area contributed by atoms with Crippen LogP contribution >= 0.6 is 0 Å². The van der Waals surface area contributed by atoms with Crippen LogP contribution in [0.25, 0.3) is 0 Å². The van der Waals surface area contributed by atoms with Crippen LogP contribution < -0.4 is 10.6 Å². The van der Waals surface area contributed by atoms with Gasteiger partial charge in [-0.1, -0.05) is 0 Å². The van der Waals surface area contributed by atoms with Crippen molar-refractivity contribution in [2.45, 2.75) is 19.0 Å². The van der Waals surface area contributed by atoms with Crippen LogP contribution in [0.1, 0.15) is 22.5 Å². The molecular formula is C10H14N4O3. The summed E-state index contributed by atoms with van der Waals surface area (Å²) in [6.07, 6.45) is 1.76. The van der Waals surface area contributed by atoms with E-state index in [1.54, 1.807) is 7.05 Å². The van der Waals surface area contributed by atoms with E-state index in [0.717, 1.165) is 0 Å². The first-order valence-electron chi connectivity index (χ1n) is 5.32. The molecule has 92 valence electrons. The van der Waals surface area contributed by atoms with Gasteiger partial charge in [0.1, 0.15) is 5.56 Å². The average molecular weight is 238 g/mol. The number of amides is 1. The van der Waals surface area contributed by atoms with Crippen molar-refractivity contribution in [3.8, 4) is 0 Å². The van der Waals surface area contributed by atoms with Gasteiger partial charge in [-0.05, 0) is 0 Å². The number of carboxylic acids is 1. The lowest BCUT2D eigenvalue weighted by molar-refractivity contribution is -0.119. The topological polar surface area (TPSA) is 96.2 Å². The van der Waals surface area contributed by atoms with Gasteiger partial charge in [0.25, 0.3) is 0 Å². The quantitative estimate of drug-likeness (QED) is 0.631. The molecule has 0 aromatic carbocycles. The summed E-state index contributed by atoms with van der Waals surface area (Å²) < 4.78 is 1.53. The van der Waals surface area contributed by atoms with Crippen molar-refractivity contribution in [1.29, 1.82) is 0 Å². The molecule has 1 amide bonds. The van der Waals surface area contributed by atoms with Gasteiger partial charge in [0.2, 0.25) is 5.91 Å². The lowest BCUT2D eigenvalue weighted by atomic mass is 10.2. The van der Waals surface area contributed by atoms with Gasteiger partial charge >= 0.3 is 5.97 Å². The number of hydrogen-bond acceptors (Lipinski definition) is 4. The smallest absolute Gasteiger partial charge is 0.339 e. The minimum atomic E-state index is -0.990. The Hall–Kier alpha value is -1.89. The molecule has 3 N–H and O–H groups in total. The van der Waals surface area contributed by atoms with Crippen LogP contribution in [0.2, 0.25) is 0 Å². The van der Waals surface area contributed by atoms with Gasteiger partial charge in [0.05, 0.1) is 11.9 Å². The fourth-order valence-electron chi connectivity index (χ4n) is 1.84. The van der Waals surface area contributed by atoms with Gasteiger partial charge in [0, 0.05) is 32.6 Å². The summed E-state index contributed by atoms with van der Waals surface area (Å²) in [7, 11) is 1.70. The van der Waals surface area contributed by atoms with E-state index in [-0.39, 0.29) is 17.5 Å². The standard InChI is InChI=1S/C10H14N4O3/c1-14-8(7(4-13-14)10(16)17)5-11-6-2-9(15)12-3-6/h4,6,11H,2-3,5H2,1H3,(H,12,15)(H,16,17). The number of nitrogens with zero attached hydrogens (tertiary/aromatic N) is 2. The number of carbonyl (C=O) groups excluding carboxylic acids is 1. The van der Waals surface area contributed by atoms with Crippen molar-refractivity contribution in [3.63, 3.8) is 0 Å². The Kier molecular flexibility index (Phi) is 3.10. The fraction of sp³-hybridized carbons (Fsp3) is 0.500. The van der Waals surface area contributed by atoms with Crippen LogP contribution in [0, 0.1) is 0 Å². The molecule has 17 heavy (non-hydrogen) atoms. The maximum Gasteiger partial charge on any atom is 0.339 e. The zero-order valence-electron chi connectivity index (χ0n) is 9.43. The molecule has 0 aliphatic carbocycles. The van der Waals surface area contributed by atoms with E-state index >= 15 is 0 Å². The van der Waals surface area contributed by atoms with E-state index < -0.39 is 5.97 Å². The van der Waals surface area contributed by atoms with Crippen molar-refractivity contribution in [3.05, 3.63) is 17.5 Å². The van der Waals surface area contributed by atoms with E-state index in [1.165, 1.54) is 10.9 Å². The summed E-state index contributed by atoms with van der Waals surface area (Å²) in [4.78, 5) is 21.9. The zero-order valence-corrected chi connectivity index (χ0v) is 9.43. The normalized spacial score (nSPS) is 19.4. The number of rotatable bonds is 4. The molecule has 2 rings (SSSR count). The molecule has 0 radical (unpaired) electrons. The number of carboxylic acid groups (broad SMARTS) is 1. The van der Waals surface area contributed by atoms with Crippen LogP contribution in [0.15, 0.2) is 6.20 Å². The van der Waals surface area contributed by atoms with Crippen LogP contribution in [0.3, 0.4) is 0 Å². The minimum Gasteiger partial charge on any atom is -0.478 e. The van der Waals surface area contributed by atoms with E-state index in [4.69, 9.17) is 5.11 Å². The molecule has 0 bridgehead atoms. The third-order valence-electron chi connectivity index (χ3n) is 2.83. The Morgan fingerprint density at radius 2 is 2.53 bits per heavy atom. The highest BCUT2D eigenvalue weighted by molar-refractivity contribution is 5.88. The zero-order chi connectivity index (χ0) is 12.4. The predicted octanol–water partition coefficient (Wildman–Crippen LogP) is -0.904.